The molecule has 0 spiro atoms. The van der Waals surface area contributed by atoms with Gasteiger partial charge < -0.3 is 51.6 Å². The van der Waals surface area contributed by atoms with Crippen molar-refractivity contribution in [3.05, 3.63) is 23.3 Å². The molecule has 3 rings (SSSR count). The van der Waals surface area contributed by atoms with E-state index in [2.05, 4.69) is 32.8 Å². The fraction of sp³-hybridized carbons (Fsp3) is 0.697. The molecule has 1 heterocycles. The lowest BCUT2D eigenvalue weighted by atomic mass is 9.77. The van der Waals surface area contributed by atoms with E-state index in [1.165, 1.54) is 13.0 Å². The smallest absolute Gasteiger partial charge is 0.302 e. The summed E-state index contributed by atoms with van der Waals surface area (Å²) in [5.74, 6) is 6.74. The number of rotatable bonds is 13. The Balaban J connectivity index is 1.95. The van der Waals surface area contributed by atoms with E-state index in [0.29, 0.717) is 69.0 Å². The van der Waals surface area contributed by atoms with E-state index in [1.54, 1.807) is 20.0 Å². The second-order valence-corrected chi connectivity index (χ2v) is 12.4. The normalized spacial score (nSPS) is 25.5. The number of nitrogens with zero attached hydrogens (tertiary/aromatic N) is 1. The number of aliphatic hydroxyl groups is 3. The molecular weight excluding hydrogens is 578 g/mol. The molecule has 0 saturated carbocycles. The molecule has 2 aliphatic rings. The Bertz CT molecular complexity index is 1180. The maximum absolute atomic E-state index is 12.2. The number of phenolic OH excluding ortho intramolecular Hbond substituents is 1. The van der Waals surface area contributed by atoms with Crippen molar-refractivity contribution in [3.63, 3.8) is 0 Å². The van der Waals surface area contributed by atoms with Gasteiger partial charge >= 0.3 is 5.97 Å². The average Bonchev–Trinajstić information content (AvgIpc) is 3.01. The van der Waals surface area contributed by atoms with Crippen LogP contribution in [0.1, 0.15) is 69.9 Å². The van der Waals surface area contributed by atoms with E-state index in [0.717, 1.165) is 31.5 Å². The Morgan fingerprint density at radius 1 is 1.27 bits per heavy atom. The maximum atomic E-state index is 12.2. The number of nitrogens with two attached hydrogens (primary N) is 1. The van der Waals surface area contributed by atoms with Gasteiger partial charge in [-0.2, -0.15) is 0 Å². The van der Waals surface area contributed by atoms with Gasteiger partial charge in [0.05, 0.1) is 24.2 Å². The molecule has 12 nitrogen and oxygen atoms in total. The summed E-state index contributed by atoms with van der Waals surface area (Å²) in [5, 5.41) is 51.5. The molecule has 1 saturated heterocycles. The van der Waals surface area contributed by atoms with E-state index >= 15 is 0 Å². The Morgan fingerprint density at radius 3 is 2.69 bits per heavy atom. The first-order chi connectivity index (χ1) is 21.5. The first-order valence-electron chi connectivity index (χ1n) is 16.1. The monoisotopic (exact) mass is 631 g/mol. The van der Waals surface area contributed by atoms with Gasteiger partial charge in [0.15, 0.2) is 17.5 Å². The van der Waals surface area contributed by atoms with Crippen molar-refractivity contribution >= 4 is 11.9 Å². The molecule has 1 aliphatic carbocycles. The van der Waals surface area contributed by atoms with Gasteiger partial charge in [0.1, 0.15) is 12.2 Å². The number of aromatic hydroxyl groups is 1. The Hall–Kier alpha value is -3.08. The predicted octanol–water partition coefficient (Wildman–Crippen LogP) is 0.925. The SMILES string of the molecule is CN=C(N)NCC1(CCNCC(C)O)C#CCC(Cc2cc(OC3CCNCC3)c(O)cc2CO)C(OC(C)=O)CC(O)CC1. The molecule has 5 atom stereocenters. The minimum absolute atomic E-state index is 0.0305. The highest BCUT2D eigenvalue weighted by atomic mass is 16.5. The molecule has 0 amide bonds. The lowest BCUT2D eigenvalue weighted by Crippen LogP contribution is -2.43. The summed E-state index contributed by atoms with van der Waals surface area (Å²) >= 11 is 0. The first-order valence-corrected chi connectivity index (χ1v) is 16.1. The van der Waals surface area contributed by atoms with Crippen LogP contribution in [0.4, 0.5) is 0 Å². The summed E-state index contributed by atoms with van der Waals surface area (Å²) in [4.78, 5) is 16.2. The van der Waals surface area contributed by atoms with Crippen molar-refractivity contribution in [2.75, 3.05) is 39.8 Å². The number of esters is 1. The summed E-state index contributed by atoms with van der Waals surface area (Å²) in [5.41, 5.74) is 6.73. The van der Waals surface area contributed by atoms with Crippen molar-refractivity contribution in [1.82, 2.24) is 16.0 Å². The van der Waals surface area contributed by atoms with Crippen LogP contribution < -0.4 is 26.4 Å². The number of piperidine rings is 1. The maximum Gasteiger partial charge on any atom is 0.302 e. The summed E-state index contributed by atoms with van der Waals surface area (Å²) < 4.78 is 12.0. The molecule has 5 unspecified atom stereocenters. The predicted molar refractivity (Wildman–Crippen MR) is 173 cm³/mol. The zero-order valence-electron chi connectivity index (χ0n) is 27.0. The highest BCUT2D eigenvalue weighted by Gasteiger charge is 2.33. The zero-order valence-corrected chi connectivity index (χ0v) is 27.0. The molecular formula is C33H53N5O7. The van der Waals surface area contributed by atoms with Crippen LogP contribution in [0.2, 0.25) is 0 Å². The van der Waals surface area contributed by atoms with Crippen LogP contribution in [0.5, 0.6) is 11.5 Å². The number of carbonyl (C=O) groups is 1. The van der Waals surface area contributed by atoms with Gasteiger partial charge in [-0.1, -0.05) is 5.92 Å². The molecule has 0 bridgehead atoms. The standard InChI is InChI=1S/C33H53N5O7/c1-22(40)19-37-14-11-33(21-38-32(34)35-3)9-4-5-24(30(44-23(2)41)18-27(42)6-10-33)15-25-17-31(29(43)16-26(25)20-39)45-28-7-12-36-13-8-28/h16-17,22,24,27-28,30,36-37,39-40,42-43H,5-8,10-15,18-21H2,1-3H3,(H3,34,35,38). The fourth-order valence-corrected chi connectivity index (χ4v) is 5.99. The van der Waals surface area contributed by atoms with Gasteiger partial charge in [-0.15, -0.1) is 5.92 Å². The molecule has 1 aromatic rings. The van der Waals surface area contributed by atoms with Crippen molar-refractivity contribution in [1.29, 1.82) is 0 Å². The van der Waals surface area contributed by atoms with Crippen molar-refractivity contribution < 1.29 is 34.7 Å². The van der Waals surface area contributed by atoms with E-state index in [1.807, 2.05) is 0 Å². The van der Waals surface area contributed by atoms with Crippen LogP contribution in [0.15, 0.2) is 17.1 Å². The number of carbonyl (C=O) groups excluding carboxylic acids is 1. The highest BCUT2D eigenvalue weighted by Crippen LogP contribution is 2.36. The van der Waals surface area contributed by atoms with E-state index < -0.39 is 29.7 Å². The number of benzene rings is 1. The topological polar surface area (TPSA) is 191 Å². The minimum atomic E-state index is -0.755. The summed E-state index contributed by atoms with van der Waals surface area (Å²) in [7, 11) is 1.61. The minimum Gasteiger partial charge on any atom is -0.504 e. The number of nitrogens with one attached hydrogen (secondary N) is 3. The largest absolute Gasteiger partial charge is 0.504 e. The van der Waals surface area contributed by atoms with E-state index in [-0.39, 0.29) is 30.8 Å². The summed E-state index contributed by atoms with van der Waals surface area (Å²) in [6, 6.07) is 3.30. The molecule has 252 valence electrons. The Labute approximate surface area is 267 Å². The molecule has 1 aliphatic heterocycles. The lowest BCUT2D eigenvalue weighted by Gasteiger charge is -2.33. The number of guanidine groups is 1. The third-order valence-corrected chi connectivity index (χ3v) is 8.60. The van der Waals surface area contributed by atoms with Crippen LogP contribution in [0, 0.1) is 23.2 Å². The number of aliphatic hydroxyl groups excluding tert-OH is 3. The average molecular weight is 632 g/mol. The van der Waals surface area contributed by atoms with Gasteiger partial charge in [0.2, 0.25) is 0 Å². The van der Waals surface area contributed by atoms with Crippen molar-refractivity contribution in [3.8, 4) is 23.3 Å². The third-order valence-electron chi connectivity index (χ3n) is 8.60. The fourth-order valence-electron chi connectivity index (χ4n) is 5.99. The second-order valence-electron chi connectivity index (χ2n) is 12.4. The van der Waals surface area contributed by atoms with Gasteiger partial charge in [0, 0.05) is 45.8 Å². The van der Waals surface area contributed by atoms with Crippen molar-refractivity contribution in [2.45, 2.75) is 96.2 Å². The molecule has 12 heteroatoms. The number of aliphatic imine (C=N–C) groups is 1. The summed E-state index contributed by atoms with van der Waals surface area (Å²) in [6.45, 7) is 5.95. The van der Waals surface area contributed by atoms with Gasteiger partial charge in [-0.05, 0) is 88.3 Å². The highest BCUT2D eigenvalue weighted by molar-refractivity contribution is 5.77. The van der Waals surface area contributed by atoms with Gasteiger partial charge in [0.25, 0.3) is 0 Å². The Kier molecular flexibility index (Phi) is 14.7. The molecule has 0 aromatic heterocycles. The number of hydrogen-bond acceptors (Lipinski definition) is 10. The van der Waals surface area contributed by atoms with Crippen LogP contribution >= 0.6 is 0 Å². The number of phenols is 1. The lowest BCUT2D eigenvalue weighted by molar-refractivity contribution is -0.151. The number of hydrogen-bond donors (Lipinski definition) is 8. The third kappa shape index (κ3) is 12.0. The zero-order chi connectivity index (χ0) is 32.8. The van der Waals surface area contributed by atoms with E-state index in [9.17, 15) is 25.2 Å². The molecule has 0 radical (unpaired) electrons. The second kappa shape index (κ2) is 18.2. The quantitative estimate of drug-likeness (QED) is 0.0508. The molecule has 1 fully saturated rings. The van der Waals surface area contributed by atoms with Gasteiger partial charge in [-0.25, -0.2) is 0 Å². The van der Waals surface area contributed by atoms with Crippen LogP contribution in [0.3, 0.4) is 0 Å². The first kappa shape index (κ1) is 36.4. The molecule has 45 heavy (non-hydrogen) atoms. The van der Waals surface area contributed by atoms with Crippen LogP contribution in [-0.4, -0.2) is 96.5 Å². The van der Waals surface area contributed by atoms with Crippen LogP contribution in [0.25, 0.3) is 0 Å². The van der Waals surface area contributed by atoms with Crippen LogP contribution in [-0.2, 0) is 22.6 Å². The molecule has 1 aromatic carbocycles. The molecule has 9 N–H and O–H groups in total. The number of ether oxygens (including phenoxy) is 2. The van der Waals surface area contributed by atoms with Gasteiger partial charge in [-0.3, -0.25) is 9.79 Å². The van der Waals surface area contributed by atoms with E-state index in [4.69, 9.17) is 15.2 Å². The summed E-state index contributed by atoms with van der Waals surface area (Å²) in [6.07, 6.45) is 2.39. The Morgan fingerprint density at radius 2 is 2.02 bits per heavy atom. The van der Waals surface area contributed by atoms with Crippen molar-refractivity contribution in [2.24, 2.45) is 22.1 Å².